The van der Waals surface area contributed by atoms with Gasteiger partial charge >= 0.3 is 5.97 Å². The number of halogens is 1. The summed E-state index contributed by atoms with van der Waals surface area (Å²) in [6.07, 6.45) is -0.210. The lowest BCUT2D eigenvalue weighted by Crippen LogP contribution is -2.59. The van der Waals surface area contributed by atoms with E-state index in [1.807, 2.05) is 18.2 Å². The molecule has 64 heavy (non-hydrogen) atoms. The molecule has 4 aromatic rings. The van der Waals surface area contributed by atoms with Gasteiger partial charge in [0.2, 0.25) is 29.5 Å². The minimum Gasteiger partial charge on any atom is -0.494 e. The van der Waals surface area contributed by atoms with Gasteiger partial charge in [-0.3, -0.25) is 24.0 Å². The zero-order valence-electron chi connectivity index (χ0n) is 36.9. The number of likely N-dealkylation sites (N-methyl/N-ethyl adjacent to an activating group) is 2. The third-order valence-electron chi connectivity index (χ3n) is 10.8. The molecule has 2 aliphatic heterocycles. The molecule has 0 aromatic heterocycles. The van der Waals surface area contributed by atoms with Gasteiger partial charge in [-0.25, -0.2) is 9.18 Å². The molecule has 0 aliphatic carbocycles. The monoisotopic (exact) mass is 882 g/mol. The Balaban J connectivity index is 1.42. The number of methoxy groups -OCH3 is 2. The molecule has 0 saturated heterocycles. The number of rotatable bonds is 15. The highest BCUT2D eigenvalue weighted by atomic mass is 19.1. The quantitative estimate of drug-likeness (QED) is 0.128. The Bertz CT molecular complexity index is 2310. The van der Waals surface area contributed by atoms with Gasteiger partial charge in [-0.1, -0.05) is 54.6 Å². The van der Waals surface area contributed by atoms with Crippen LogP contribution in [0.3, 0.4) is 0 Å². The van der Waals surface area contributed by atoms with E-state index < -0.39 is 77.6 Å². The maximum absolute atomic E-state index is 14.8. The number of ether oxygens (including phenoxy) is 4. The molecule has 0 fully saturated rings. The summed E-state index contributed by atoms with van der Waals surface area (Å²) in [6.45, 7) is 4.26. The van der Waals surface area contributed by atoms with Crippen LogP contribution in [0.4, 0.5) is 4.39 Å². The van der Waals surface area contributed by atoms with Gasteiger partial charge in [-0.05, 0) is 79.4 Å². The Kier molecular flexibility index (Phi) is 16.4. The van der Waals surface area contributed by atoms with Crippen molar-refractivity contribution in [3.63, 3.8) is 0 Å². The van der Waals surface area contributed by atoms with Gasteiger partial charge in [0.25, 0.3) is 0 Å². The van der Waals surface area contributed by atoms with E-state index >= 15 is 0 Å². The number of nitrogens with zero attached hydrogens (tertiary/aromatic N) is 2. The third-order valence-corrected chi connectivity index (χ3v) is 10.8. The standard InChI is InChI=1S/C47H55FN6O10/c1-27(49)42(55)50-28(2)45(58)54(5)38(24-32-15-19-39(61-6)35(48)21-32)43(56)51-29(3)46(59)53(4)37-23-30-13-17-34(18-14-30)64-41-25-33(16-20-40(41)62-7)22-36(52-44(37)57)47(60)63-26-31-11-9-8-10-12-31/h8-21,25,27-29,36-38H,22-24,26,49H2,1-7H3,(H,50,55)(H,51,56)(H,52,57)/t27-,28+,29+,36+,37+,38+/m1/s1. The summed E-state index contributed by atoms with van der Waals surface area (Å²) in [4.78, 5) is 85.0. The molecule has 6 atom stereocenters. The molecule has 0 spiro atoms. The Morgan fingerprint density at radius 1 is 0.797 bits per heavy atom. The second-order valence-electron chi connectivity index (χ2n) is 15.6. The van der Waals surface area contributed by atoms with Crippen molar-refractivity contribution in [1.82, 2.24) is 25.8 Å². The van der Waals surface area contributed by atoms with Crippen molar-refractivity contribution in [3.8, 4) is 23.0 Å². The van der Waals surface area contributed by atoms with Crippen LogP contribution in [0.1, 0.15) is 43.0 Å². The summed E-state index contributed by atoms with van der Waals surface area (Å²) >= 11 is 0. The average Bonchev–Trinajstić information content (AvgIpc) is 3.28. The summed E-state index contributed by atoms with van der Waals surface area (Å²) in [5.74, 6) is -3.51. The fourth-order valence-corrected chi connectivity index (χ4v) is 7.06. The van der Waals surface area contributed by atoms with Crippen LogP contribution in [-0.2, 0) is 59.4 Å². The molecule has 340 valence electrons. The Labute approximate surface area is 371 Å². The van der Waals surface area contributed by atoms with Crippen molar-refractivity contribution in [2.24, 2.45) is 5.73 Å². The molecule has 4 aromatic carbocycles. The topological polar surface area (TPSA) is 208 Å². The zero-order valence-corrected chi connectivity index (χ0v) is 36.9. The zero-order chi connectivity index (χ0) is 46.7. The van der Waals surface area contributed by atoms with Crippen molar-refractivity contribution >= 4 is 35.5 Å². The number of esters is 1. The largest absolute Gasteiger partial charge is 0.494 e. The highest BCUT2D eigenvalue weighted by Gasteiger charge is 2.36. The van der Waals surface area contributed by atoms with E-state index in [1.54, 1.807) is 54.6 Å². The van der Waals surface area contributed by atoms with Gasteiger partial charge in [-0.2, -0.15) is 0 Å². The summed E-state index contributed by atoms with van der Waals surface area (Å²) in [5.41, 5.74) is 8.00. The lowest BCUT2D eigenvalue weighted by Gasteiger charge is -2.33. The maximum atomic E-state index is 14.8. The van der Waals surface area contributed by atoms with Crippen molar-refractivity contribution in [1.29, 1.82) is 0 Å². The number of nitrogens with two attached hydrogens (primary N) is 1. The van der Waals surface area contributed by atoms with Gasteiger partial charge in [-0.15, -0.1) is 0 Å². The normalized spacial score (nSPS) is 16.5. The predicted octanol–water partition coefficient (Wildman–Crippen LogP) is 3.22. The lowest BCUT2D eigenvalue weighted by molar-refractivity contribution is -0.150. The van der Waals surface area contributed by atoms with Crippen LogP contribution in [-0.4, -0.2) is 110 Å². The molecule has 5 amide bonds. The SMILES string of the molecule is COc1ccc(C[C@@H](C(=O)N[C@@H](C)C(=O)N(C)[C@H]2Cc3ccc(cc3)Oc3cc(ccc3OC)C[C@@H](C(=O)OCc3ccccc3)NC2=O)N(C)C(=O)[C@H](C)NC(=O)[C@@H](C)N)cc1F. The Morgan fingerprint density at radius 2 is 1.42 bits per heavy atom. The van der Waals surface area contributed by atoms with Crippen LogP contribution < -0.4 is 35.9 Å². The van der Waals surface area contributed by atoms with E-state index in [4.69, 9.17) is 24.7 Å². The van der Waals surface area contributed by atoms with Crippen LogP contribution >= 0.6 is 0 Å². The number of carbonyl (C=O) groups is 6. The molecule has 6 rings (SSSR count). The van der Waals surface area contributed by atoms with Crippen molar-refractivity contribution in [2.45, 2.75) is 82.9 Å². The fraction of sp³-hybridized carbons (Fsp3) is 0.362. The summed E-state index contributed by atoms with van der Waals surface area (Å²) in [6, 6.07) is 18.2. The summed E-state index contributed by atoms with van der Waals surface area (Å²) < 4.78 is 37.2. The number of hydrogen-bond acceptors (Lipinski definition) is 11. The number of benzene rings is 4. The predicted molar refractivity (Wildman–Crippen MR) is 234 cm³/mol. The third kappa shape index (κ3) is 12.3. The highest BCUT2D eigenvalue weighted by Crippen LogP contribution is 2.33. The number of fused-ring (bicyclic) bond motifs is 7. The van der Waals surface area contributed by atoms with Crippen LogP contribution in [0.15, 0.2) is 91.0 Å². The first-order chi connectivity index (χ1) is 30.5. The molecule has 0 radical (unpaired) electrons. The number of amides is 5. The van der Waals surface area contributed by atoms with Crippen molar-refractivity contribution in [2.75, 3.05) is 28.3 Å². The molecule has 16 nitrogen and oxygen atoms in total. The molecular weight excluding hydrogens is 828 g/mol. The first-order valence-electron chi connectivity index (χ1n) is 20.7. The second-order valence-corrected chi connectivity index (χ2v) is 15.6. The van der Waals surface area contributed by atoms with Gasteiger partial charge in [0.15, 0.2) is 23.1 Å². The van der Waals surface area contributed by atoms with Crippen LogP contribution in [0.25, 0.3) is 0 Å². The molecule has 0 saturated carbocycles. The van der Waals surface area contributed by atoms with E-state index in [0.717, 1.165) is 10.5 Å². The van der Waals surface area contributed by atoms with E-state index in [1.165, 1.54) is 72.2 Å². The molecular formula is C47H55FN6O10. The first kappa shape index (κ1) is 48.0. The molecule has 2 aliphatic rings. The molecule has 17 heteroatoms. The van der Waals surface area contributed by atoms with Crippen LogP contribution in [0, 0.1) is 5.82 Å². The van der Waals surface area contributed by atoms with Gasteiger partial charge in [0, 0.05) is 33.4 Å². The van der Waals surface area contributed by atoms with Gasteiger partial charge in [0.05, 0.1) is 20.3 Å². The number of hydrogen-bond donors (Lipinski definition) is 4. The van der Waals surface area contributed by atoms with E-state index in [0.29, 0.717) is 33.9 Å². The highest BCUT2D eigenvalue weighted by molar-refractivity contribution is 5.96. The second kappa shape index (κ2) is 21.9. The summed E-state index contributed by atoms with van der Waals surface area (Å²) in [7, 11) is 5.57. The van der Waals surface area contributed by atoms with Gasteiger partial charge in [0.1, 0.15) is 42.6 Å². The van der Waals surface area contributed by atoms with Crippen molar-refractivity contribution in [3.05, 3.63) is 119 Å². The number of nitrogens with one attached hydrogen (secondary N) is 3. The van der Waals surface area contributed by atoms with Gasteiger partial charge < -0.3 is 50.4 Å². The minimum absolute atomic E-state index is 0.00654. The van der Waals surface area contributed by atoms with E-state index in [2.05, 4.69) is 16.0 Å². The Hall–Kier alpha value is -7.01. The maximum Gasteiger partial charge on any atom is 0.329 e. The first-order valence-corrected chi connectivity index (χ1v) is 20.7. The average molecular weight is 883 g/mol. The minimum atomic E-state index is -1.31. The number of carbonyl (C=O) groups excluding carboxylic acids is 6. The van der Waals surface area contributed by atoms with Crippen LogP contribution in [0.5, 0.6) is 23.0 Å². The molecule has 2 heterocycles. The van der Waals surface area contributed by atoms with E-state index in [-0.39, 0.29) is 31.6 Å². The van der Waals surface area contributed by atoms with E-state index in [9.17, 15) is 33.2 Å². The van der Waals surface area contributed by atoms with Crippen LogP contribution in [0.2, 0.25) is 0 Å². The smallest absolute Gasteiger partial charge is 0.329 e. The Morgan fingerprint density at radius 3 is 2.06 bits per heavy atom. The summed E-state index contributed by atoms with van der Waals surface area (Å²) in [5, 5.41) is 8.02. The fourth-order valence-electron chi connectivity index (χ4n) is 7.06. The van der Waals surface area contributed by atoms with Crippen molar-refractivity contribution < 1.29 is 52.1 Å². The molecule has 0 unspecified atom stereocenters. The molecule has 4 bridgehead atoms. The lowest BCUT2D eigenvalue weighted by atomic mass is 10.0. The molecule has 5 N–H and O–H groups in total.